The van der Waals surface area contributed by atoms with E-state index < -0.39 is 0 Å². The van der Waals surface area contributed by atoms with Crippen LogP contribution in [0.15, 0.2) is 36.4 Å². The maximum Gasteiger partial charge on any atom is 0.132 e. The molecular weight excluding hydrogens is 262 g/mol. The first-order valence-electron chi connectivity index (χ1n) is 7.73. The third kappa shape index (κ3) is 3.04. The summed E-state index contributed by atoms with van der Waals surface area (Å²) in [7, 11) is 1.98. The second-order valence-corrected chi connectivity index (χ2v) is 5.67. The van der Waals surface area contributed by atoms with Crippen molar-refractivity contribution in [2.45, 2.75) is 31.9 Å². The van der Waals surface area contributed by atoms with Gasteiger partial charge in [-0.1, -0.05) is 36.4 Å². The van der Waals surface area contributed by atoms with Crippen LogP contribution >= 0.6 is 0 Å². The number of ether oxygens (including phenoxy) is 2. The Morgan fingerprint density at radius 1 is 1.24 bits per heavy atom. The lowest BCUT2D eigenvalue weighted by molar-refractivity contribution is 0.00755. The molecule has 21 heavy (non-hydrogen) atoms. The van der Waals surface area contributed by atoms with Crippen LogP contribution in [0.5, 0.6) is 5.75 Å². The fourth-order valence-electron chi connectivity index (χ4n) is 2.86. The van der Waals surface area contributed by atoms with Crippen LogP contribution in [-0.2, 0) is 4.74 Å². The van der Waals surface area contributed by atoms with Crippen LogP contribution in [0.3, 0.4) is 0 Å². The quantitative estimate of drug-likeness (QED) is 0.929. The fourth-order valence-corrected chi connectivity index (χ4v) is 2.86. The molecule has 3 heteroatoms. The minimum Gasteiger partial charge on any atom is -0.487 e. The van der Waals surface area contributed by atoms with Crippen LogP contribution in [0.1, 0.15) is 31.4 Å². The topological polar surface area (TPSA) is 30.5 Å². The Kier molecular flexibility index (Phi) is 4.42. The van der Waals surface area contributed by atoms with Gasteiger partial charge in [0.1, 0.15) is 11.9 Å². The second-order valence-electron chi connectivity index (χ2n) is 5.67. The van der Waals surface area contributed by atoms with E-state index in [1.54, 1.807) is 0 Å². The van der Waals surface area contributed by atoms with E-state index in [-0.39, 0.29) is 12.1 Å². The summed E-state index contributed by atoms with van der Waals surface area (Å²) in [5, 5.41) is 5.71. The molecule has 0 aromatic heterocycles. The summed E-state index contributed by atoms with van der Waals surface area (Å²) < 4.78 is 11.9. The maximum absolute atomic E-state index is 6.36. The van der Waals surface area contributed by atoms with E-state index in [1.165, 1.54) is 16.3 Å². The predicted octanol–water partition coefficient (Wildman–Crippen LogP) is 3.68. The Bertz CT molecular complexity index is 605. The molecule has 112 valence electrons. The Labute approximate surface area is 126 Å². The second kappa shape index (κ2) is 6.46. The number of nitrogens with one attached hydrogen (secondary N) is 1. The summed E-state index contributed by atoms with van der Waals surface area (Å²) in [4.78, 5) is 0. The van der Waals surface area contributed by atoms with Crippen LogP contribution < -0.4 is 10.1 Å². The monoisotopic (exact) mass is 285 g/mol. The molecule has 3 rings (SSSR count). The average molecular weight is 285 g/mol. The zero-order valence-electron chi connectivity index (χ0n) is 12.8. The van der Waals surface area contributed by atoms with Crippen molar-refractivity contribution >= 4 is 10.8 Å². The molecule has 3 nitrogen and oxygen atoms in total. The van der Waals surface area contributed by atoms with Gasteiger partial charge in [0, 0.05) is 23.6 Å². The Hall–Kier alpha value is -1.58. The average Bonchev–Trinajstić information content (AvgIpc) is 2.55. The van der Waals surface area contributed by atoms with Crippen LogP contribution in [0.2, 0.25) is 0 Å². The normalized spacial score (nSPS) is 20.4. The van der Waals surface area contributed by atoms with Gasteiger partial charge in [0.05, 0.1) is 6.61 Å². The first kappa shape index (κ1) is 14.4. The van der Waals surface area contributed by atoms with Crippen molar-refractivity contribution in [1.82, 2.24) is 5.32 Å². The summed E-state index contributed by atoms with van der Waals surface area (Å²) in [6.07, 6.45) is 2.30. The molecule has 0 spiro atoms. The molecule has 1 aliphatic heterocycles. The molecule has 1 saturated heterocycles. The van der Waals surface area contributed by atoms with Gasteiger partial charge in [0.2, 0.25) is 0 Å². The third-order valence-electron chi connectivity index (χ3n) is 4.21. The Morgan fingerprint density at radius 3 is 2.86 bits per heavy atom. The van der Waals surface area contributed by atoms with Gasteiger partial charge in [-0.3, -0.25) is 0 Å². The number of rotatable bonds is 4. The first-order valence-corrected chi connectivity index (χ1v) is 7.73. The summed E-state index contributed by atoms with van der Waals surface area (Å²) in [6, 6.07) is 13.0. The Morgan fingerprint density at radius 2 is 2.10 bits per heavy atom. The zero-order chi connectivity index (χ0) is 14.7. The van der Waals surface area contributed by atoms with Crippen molar-refractivity contribution in [2.24, 2.45) is 0 Å². The molecule has 1 heterocycles. The van der Waals surface area contributed by atoms with Crippen molar-refractivity contribution in [2.75, 3.05) is 20.3 Å². The lowest BCUT2D eigenvalue weighted by atomic mass is 10.0. The van der Waals surface area contributed by atoms with Gasteiger partial charge in [-0.05, 0) is 32.2 Å². The molecule has 2 atom stereocenters. The summed E-state index contributed by atoms with van der Waals surface area (Å²) in [6.45, 7) is 3.71. The molecule has 0 aliphatic carbocycles. The van der Waals surface area contributed by atoms with Gasteiger partial charge < -0.3 is 14.8 Å². The molecule has 2 aromatic carbocycles. The van der Waals surface area contributed by atoms with Crippen LogP contribution in [0.25, 0.3) is 10.8 Å². The number of benzene rings is 2. The van der Waals surface area contributed by atoms with E-state index in [4.69, 9.17) is 9.47 Å². The van der Waals surface area contributed by atoms with E-state index in [9.17, 15) is 0 Å². The molecule has 0 bridgehead atoms. The van der Waals surface area contributed by atoms with Crippen molar-refractivity contribution in [3.05, 3.63) is 42.0 Å². The van der Waals surface area contributed by atoms with Crippen molar-refractivity contribution in [3.63, 3.8) is 0 Å². The highest BCUT2D eigenvalue weighted by atomic mass is 16.5. The van der Waals surface area contributed by atoms with E-state index in [1.807, 2.05) is 7.05 Å². The summed E-state index contributed by atoms with van der Waals surface area (Å²) >= 11 is 0. The van der Waals surface area contributed by atoms with E-state index in [0.29, 0.717) is 6.61 Å². The minimum atomic E-state index is 0.160. The molecular formula is C18H23NO2. The van der Waals surface area contributed by atoms with Gasteiger partial charge in [-0.15, -0.1) is 0 Å². The standard InChI is InChI=1S/C18H23NO2/c1-13(19-2)16-10-9-14-6-3-4-8-17(14)18(16)21-15-7-5-11-20-12-15/h3-4,6,8-10,13,15,19H,5,7,11-12H2,1-2H3. The molecule has 0 amide bonds. The highest BCUT2D eigenvalue weighted by Gasteiger charge is 2.20. The largest absolute Gasteiger partial charge is 0.487 e. The zero-order valence-corrected chi connectivity index (χ0v) is 12.8. The highest BCUT2D eigenvalue weighted by Crippen LogP contribution is 2.35. The lowest BCUT2D eigenvalue weighted by Crippen LogP contribution is -2.29. The maximum atomic E-state index is 6.36. The lowest BCUT2D eigenvalue weighted by Gasteiger charge is -2.26. The van der Waals surface area contributed by atoms with Gasteiger partial charge >= 0.3 is 0 Å². The molecule has 0 radical (unpaired) electrons. The highest BCUT2D eigenvalue weighted by molar-refractivity contribution is 5.89. The number of hydrogen-bond donors (Lipinski definition) is 1. The van der Waals surface area contributed by atoms with Gasteiger partial charge in [0.15, 0.2) is 0 Å². The van der Waals surface area contributed by atoms with Crippen molar-refractivity contribution < 1.29 is 9.47 Å². The van der Waals surface area contributed by atoms with E-state index in [2.05, 4.69) is 48.6 Å². The van der Waals surface area contributed by atoms with Crippen LogP contribution in [0.4, 0.5) is 0 Å². The summed E-state index contributed by atoms with van der Waals surface area (Å²) in [5.41, 5.74) is 1.21. The Balaban J connectivity index is 2.02. The van der Waals surface area contributed by atoms with Gasteiger partial charge in [-0.2, -0.15) is 0 Å². The smallest absolute Gasteiger partial charge is 0.132 e. The summed E-state index contributed by atoms with van der Waals surface area (Å²) in [5.74, 6) is 1.01. The van der Waals surface area contributed by atoms with Crippen molar-refractivity contribution in [3.8, 4) is 5.75 Å². The third-order valence-corrected chi connectivity index (χ3v) is 4.21. The molecule has 1 aliphatic rings. The molecule has 0 saturated carbocycles. The molecule has 2 unspecified atom stereocenters. The minimum absolute atomic E-state index is 0.160. The van der Waals surface area contributed by atoms with Gasteiger partial charge in [0.25, 0.3) is 0 Å². The first-order chi connectivity index (χ1) is 10.3. The predicted molar refractivity (Wildman–Crippen MR) is 85.9 cm³/mol. The molecule has 1 fully saturated rings. The molecule has 1 N–H and O–H groups in total. The van der Waals surface area contributed by atoms with Crippen LogP contribution in [0, 0.1) is 0 Å². The molecule has 2 aromatic rings. The van der Waals surface area contributed by atoms with Crippen molar-refractivity contribution in [1.29, 1.82) is 0 Å². The number of fused-ring (bicyclic) bond motifs is 1. The fraction of sp³-hybridized carbons (Fsp3) is 0.444. The SMILES string of the molecule is CNC(C)c1ccc2ccccc2c1OC1CCCOC1. The van der Waals surface area contributed by atoms with E-state index in [0.717, 1.165) is 25.2 Å². The number of hydrogen-bond acceptors (Lipinski definition) is 3. The van der Waals surface area contributed by atoms with Gasteiger partial charge in [-0.25, -0.2) is 0 Å². The van der Waals surface area contributed by atoms with Crippen LogP contribution in [-0.4, -0.2) is 26.4 Å². The van der Waals surface area contributed by atoms with E-state index >= 15 is 0 Å².